The van der Waals surface area contributed by atoms with Crippen LogP contribution < -0.4 is 14.5 Å². The zero-order chi connectivity index (χ0) is 45.1. The van der Waals surface area contributed by atoms with Crippen LogP contribution >= 0.6 is 11.3 Å². The minimum Gasteiger partial charge on any atom is -0.459 e. The minimum absolute atomic E-state index is 0.0368. The number of hydrazone groups is 1. The number of anilines is 1. The number of cyclic esters (lactones) is 2. The second kappa shape index (κ2) is 22.5. The monoisotopic (exact) mass is 909 g/mol. The van der Waals surface area contributed by atoms with E-state index in [4.69, 9.17) is 38.5 Å². The predicted octanol–water partition coefficient (Wildman–Crippen LogP) is 9.84. The summed E-state index contributed by atoms with van der Waals surface area (Å²) in [5.41, 5.74) is 2.51. The fourth-order valence-corrected chi connectivity index (χ4v) is 10.5. The molecular weight excluding hydrogens is 847 g/mol. The van der Waals surface area contributed by atoms with Gasteiger partial charge in [0, 0.05) is 29.6 Å². The summed E-state index contributed by atoms with van der Waals surface area (Å²) in [6.45, 7) is 9.62. The number of carbonyl (C=O) groups excluding carboxylic acids is 4. The van der Waals surface area contributed by atoms with Crippen LogP contribution in [0.25, 0.3) is 10.2 Å². The van der Waals surface area contributed by atoms with E-state index in [1.54, 1.807) is 29.4 Å². The van der Waals surface area contributed by atoms with Crippen molar-refractivity contribution < 1.29 is 47.6 Å². The fraction of sp³-hybridized carbons (Fsp3) is 0.569. The maximum atomic E-state index is 13.8. The zero-order valence-electron chi connectivity index (χ0n) is 37.5. The van der Waals surface area contributed by atoms with Crippen LogP contribution in [0, 0.1) is 23.7 Å². The molecule has 13 nitrogen and oxygen atoms in total. The standard InChI is InChI=1S/C51H63N3O10S/c1-33-27-40(61-47(33)55)11-5-3-9-35-15-19-37(20-16-35)49(57)63-42-23-24-45(64-50(58)38-21-17-36(18-22-38)10-4-6-12-41-28-34(2)48(56)62-41)39(29-42)30-52-54(25-26-59-31-43-32-60-43)51-53-44-13-7-8-14-46(44)65-51/h7-8,13-14,23-24,29-30,35-38,40-41,43H,1-6,9-12,15-22,25-28,31-32H2/b52-30+. The van der Waals surface area contributed by atoms with Crippen molar-refractivity contribution in [2.45, 2.75) is 134 Å². The summed E-state index contributed by atoms with van der Waals surface area (Å²) in [6.07, 6.45) is 18.0. The summed E-state index contributed by atoms with van der Waals surface area (Å²) in [6, 6.07) is 13.1. The van der Waals surface area contributed by atoms with Crippen molar-refractivity contribution in [2.24, 2.45) is 28.8 Å². The third-order valence-corrected chi connectivity index (χ3v) is 14.7. The number of hydrogen-bond acceptors (Lipinski definition) is 14. The van der Waals surface area contributed by atoms with Crippen molar-refractivity contribution in [1.82, 2.24) is 4.98 Å². The highest BCUT2D eigenvalue weighted by Gasteiger charge is 2.32. The van der Waals surface area contributed by atoms with Crippen molar-refractivity contribution in [1.29, 1.82) is 0 Å². The predicted molar refractivity (Wildman–Crippen MR) is 248 cm³/mol. The molecule has 2 aromatic carbocycles. The van der Waals surface area contributed by atoms with Crippen LogP contribution in [-0.2, 0) is 38.1 Å². The summed E-state index contributed by atoms with van der Waals surface area (Å²) in [7, 11) is 0. The van der Waals surface area contributed by atoms with Crippen LogP contribution in [0.3, 0.4) is 0 Å². The van der Waals surface area contributed by atoms with Gasteiger partial charge in [0.2, 0.25) is 5.13 Å². The van der Waals surface area contributed by atoms with Crippen molar-refractivity contribution in [3.8, 4) is 11.5 Å². The molecule has 0 radical (unpaired) electrons. The van der Waals surface area contributed by atoms with Gasteiger partial charge in [-0.3, -0.25) is 9.59 Å². The summed E-state index contributed by atoms with van der Waals surface area (Å²) >= 11 is 1.53. The maximum absolute atomic E-state index is 13.8. The Labute approximate surface area is 385 Å². The zero-order valence-corrected chi connectivity index (χ0v) is 38.3. The molecule has 5 aliphatic rings. The number of fused-ring (bicyclic) bond motifs is 1. The van der Waals surface area contributed by atoms with Crippen LogP contribution in [0.4, 0.5) is 5.13 Å². The third-order valence-electron chi connectivity index (χ3n) is 13.6. The van der Waals surface area contributed by atoms with Crippen molar-refractivity contribution in [3.05, 3.63) is 72.3 Å². The van der Waals surface area contributed by atoms with Gasteiger partial charge >= 0.3 is 23.9 Å². The Morgan fingerprint density at radius 3 is 1.92 bits per heavy atom. The topological polar surface area (TPSA) is 155 Å². The van der Waals surface area contributed by atoms with E-state index in [-0.39, 0.29) is 54.0 Å². The van der Waals surface area contributed by atoms with Gasteiger partial charge in [-0.25, -0.2) is 19.6 Å². The molecule has 0 N–H and O–H groups in total. The lowest BCUT2D eigenvalue weighted by atomic mass is 9.79. The van der Waals surface area contributed by atoms with Crippen molar-refractivity contribution >= 4 is 56.8 Å². The highest BCUT2D eigenvalue weighted by atomic mass is 32.1. The molecule has 3 atom stereocenters. The molecule has 4 heterocycles. The molecular formula is C51H63N3O10S. The number of aromatic nitrogens is 1. The molecule has 5 fully saturated rings. The number of para-hydroxylation sites is 1. The molecule has 8 rings (SSSR count). The minimum atomic E-state index is -0.269. The first-order chi connectivity index (χ1) is 31.6. The lowest BCUT2D eigenvalue weighted by molar-refractivity contribution is -0.141. The summed E-state index contributed by atoms with van der Waals surface area (Å²) in [4.78, 5) is 55.5. The average Bonchev–Trinajstić information content (AvgIpc) is 3.81. The number of hydrogen-bond donors (Lipinski definition) is 0. The first kappa shape index (κ1) is 46.6. The Balaban J connectivity index is 0.883. The summed E-state index contributed by atoms with van der Waals surface area (Å²) in [5.74, 6) is 0.371. The smallest absolute Gasteiger partial charge is 0.333 e. The Hall–Kier alpha value is -4.92. The van der Waals surface area contributed by atoms with Crippen LogP contribution in [0.2, 0.25) is 0 Å². The number of unbranched alkanes of at least 4 members (excludes halogenated alkanes) is 2. The second-order valence-corrected chi connectivity index (χ2v) is 19.6. The van der Waals surface area contributed by atoms with E-state index in [9.17, 15) is 19.2 Å². The third kappa shape index (κ3) is 13.3. The molecule has 3 aliphatic heterocycles. The molecule has 2 saturated carbocycles. The molecule has 0 bridgehead atoms. The number of epoxide rings is 1. The molecule has 65 heavy (non-hydrogen) atoms. The number of thiazole rings is 1. The molecule has 14 heteroatoms. The molecule has 2 aliphatic carbocycles. The van der Waals surface area contributed by atoms with Gasteiger partial charge in [0.25, 0.3) is 0 Å². The van der Waals surface area contributed by atoms with Crippen LogP contribution in [0.5, 0.6) is 11.5 Å². The Bertz CT molecular complexity index is 2140. The number of esters is 4. The number of benzene rings is 2. The van der Waals surface area contributed by atoms with E-state index >= 15 is 0 Å². The molecule has 0 spiro atoms. The van der Waals surface area contributed by atoms with Crippen LogP contribution in [-0.4, -0.2) is 79.8 Å². The molecule has 0 amide bonds. The van der Waals surface area contributed by atoms with E-state index in [0.29, 0.717) is 84.4 Å². The Morgan fingerprint density at radius 2 is 1.35 bits per heavy atom. The average molecular weight is 910 g/mol. The van der Waals surface area contributed by atoms with Gasteiger partial charge in [0.1, 0.15) is 29.8 Å². The fourth-order valence-electron chi connectivity index (χ4n) is 9.58. The van der Waals surface area contributed by atoms with Gasteiger partial charge in [0.05, 0.1) is 54.6 Å². The molecule has 3 unspecified atom stereocenters. The van der Waals surface area contributed by atoms with Crippen molar-refractivity contribution in [2.75, 3.05) is 31.4 Å². The lowest BCUT2D eigenvalue weighted by Gasteiger charge is -2.27. The van der Waals surface area contributed by atoms with Gasteiger partial charge in [-0.05, 0) is 119 Å². The number of nitrogens with zero attached hydrogens (tertiary/aromatic N) is 3. The quantitative estimate of drug-likeness (QED) is 0.0179. The largest absolute Gasteiger partial charge is 0.459 e. The van der Waals surface area contributed by atoms with Gasteiger partial charge in [-0.2, -0.15) is 5.10 Å². The SMILES string of the molecule is C=C1CC(CCCCC2CCC(C(=O)Oc3ccc(OC(=O)C4CCC(CCCCC5CC(=C)C(=O)O5)CC4)c(/C=N/N(CCOCC4CO4)c4nc5ccccc5s4)c3)CC2)OC1=O. The molecule has 348 valence electrons. The van der Waals surface area contributed by atoms with E-state index in [1.165, 1.54) is 11.3 Å². The van der Waals surface area contributed by atoms with Crippen LogP contribution in [0.15, 0.2) is 71.9 Å². The Morgan fingerprint density at radius 1 is 0.769 bits per heavy atom. The van der Waals surface area contributed by atoms with Gasteiger partial charge in [0.15, 0.2) is 0 Å². The molecule has 1 aromatic heterocycles. The van der Waals surface area contributed by atoms with E-state index in [1.807, 2.05) is 24.3 Å². The summed E-state index contributed by atoms with van der Waals surface area (Å²) in [5, 5.41) is 7.37. The van der Waals surface area contributed by atoms with E-state index in [0.717, 1.165) is 113 Å². The first-order valence-corrected chi connectivity index (χ1v) is 24.7. The number of rotatable bonds is 22. The Kier molecular flexibility index (Phi) is 16.1. The van der Waals surface area contributed by atoms with Crippen molar-refractivity contribution in [3.63, 3.8) is 0 Å². The highest BCUT2D eigenvalue weighted by molar-refractivity contribution is 7.22. The second-order valence-electron chi connectivity index (χ2n) is 18.6. The van der Waals surface area contributed by atoms with Crippen LogP contribution in [0.1, 0.15) is 121 Å². The normalized spacial score (nSPS) is 25.5. The molecule has 3 aromatic rings. The number of carbonyl (C=O) groups is 4. The van der Waals surface area contributed by atoms with Gasteiger partial charge < -0.3 is 28.4 Å². The highest BCUT2D eigenvalue weighted by Crippen LogP contribution is 2.37. The first-order valence-electron chi connectivity index (χ1n) is 23.8. The summed E-state index contributed by atoms with van der Waals surface area (Å²) < 4.78 is 35.2. The maximum Gasteiger partial charge on any atom is 0.333 e. The van der Waals surface area contributed by atoms with E-state index < -0.39 is 0 Å². The number of ether oxygens (including phenoxy) is 6. The van der Waals surface area contributed by atoms with E-state index in [2.05, 4.69) is 13.2 Å². The van der Waals surface area contributed by atoms with Gasteiger partial charge in [-0.15, -0.1) is 0 Å². The molecule has 3 saturated heterocycles. The van der Waals surface area contributed by atoms with Gasteiger partial charge in [-0.1, -0.05) is 62.3 Å². The lowest BCUT2D eigenvalue weighted by Crippen LogP contribution is -2.26.